The van der Waals surface area contributed by atoms with Crippen LogP contribution >= 0.6 is 19.4 Å². The maximum absolute atomic E-state index is 10.3. The Balaban J connectivity index is 0.000000477. The summed E-state index contributed by atoms with van der Waals surface area (Å²) in [6.45, 7) is 4.97. The van der Waals surface area contributed by atoms with Crippen molar-refractivity contribution in [2.45, 2.75) is 38.5 Å². The summed E-state index contributed by atoms with van der Waals surface area (Å²) in [5, 5.41) is 50.5. The van der Waals surface area contributed by atoms with E-state index in [2.05, 4.69) is 21.3 Å². The average molecular weight is 682 g/mol. The molecule has 12 nitrogen and oxygen atoms in total. The van der Waals surface area contributed by atoms with Gasteiger partial charge in [0.15, 0.2) is 0 Å². The Labute approximate surface area is 244 Å². The molecule has 4 rings (SSSR count). The SMILES string of the molecule is O=C(O)C1CC[N-]CC1.O=C(O)C1CC[N-]CC1.O=C(O)C1CC[N-]CC1.O=C([O-])C1=CCNC=C1.[Cl][Rh][Cl]. The number of aliphatic carboxylic acids is 4. The molecule has 0 bridgehead atoms. The fourth-order valence-corrected chi connectivity index (χ4v) is 3.60. The van der Waals surface area contributed by atoms with Crippen molar-refractivity contribution in [2.75, 3.05) is 45.8 Å². The standard InChI is InChI=1S/3C6H10NO2.C6H7NO2.2ClH.Rh/c4*8-6(9)5-1-3-7-4-2-5;;;/h3*5H,1-4H2,(H,8,9);1-3,7H,4H2,(H,8,9);2*1H;/q3*-1;;;;+2/p-3. The Morgan fingerprint density at radius 2 is 1.05 bits per heavy atom. The monoisotopic (exact) mass is 681 g/mol. The Bertz CT molecular complexity index is 720. The second kappa shape index (κ2) is 24.1. The number of dihydropyridines is 1. The van der Waals surface area contributed by atoms with Gasteiger partial charge in [-0.2, -0.15) is 0 Å². The van der Waals surface area contributed by atoms with E-state index in [1.165, 1.54) is 6.08 Å². The number of hydrogen-bond acceptors (Lipinski definition) is 6. The molecule has 4 heterocycles. The summed E-state index contributed by atoms with van der Waals surface area (Å²) in [5.74, 6) is -3.47. The van der Waals surface area contributed by atoms with Gasteiger partial charge in [-0.05, 0) is 17.8 Å². The van der Waals surface area contributed by atoms with E-state index in [-0.39, 0.29) is 38.5 Å². The van der Waals surface area contributed by atoms with Gasteiger partial charge in [-0.3, -0.25) is 14.4 Å². The number of hydrogen-bond donors (Lipinski definition) is 4. The number of halogens is 2. The number of nitrogens with one attached hydrogen (secondary N) is 1. The molecule has 0 unspecified atom stereocenters. The molecule has 0 aromatic rings. The third-order valence-electron chi connectivity index (χ3n) is 5.92. The summed E-state index contributed by atoms with van der Waals surface area (Å²) >= 11 is -0.226. The molecule has 0 spiro atoms. The van der Waals surface area contributed by atoms with Crippen molar-refractivity contribution in [3.8, 4) is 0 Å². The van der Waals surface area contributed by atoms with Crippen molar-refractivity contribution in [3.05, 3.63) is 39.9 Å². The first kappa shape index (κ1) is 37.2. The zero-order chi connectivity index (χ0) is 29.5. The molecule has 0 radical (unpaired) electrons. The van der Waals surface area contributed by atoms with Gasteiger partial charge in [-0.1, -0.05) is 44.6 Å². The van der Waals surface area contributed by atoms with Gasteiger partial charge in [0.05, 0.1) is 23.7 Å². The van der Waals surface area contributed by atoms with Crippen LogP contribution in [0.5, 0.6) is 0 Å². The van der Waals surface area contributed by atoms with Crippen molar-refractivity contribution in [2.24, 2.45) is 17.8 Å². The molecule has 0 aromatic heterocycles. The number of nitrogens with zero attached hydrogens (tertiary/aromatic N) is 3. The Hall–Kier alpha value is -1.76. The van der Waals surface area contributed by atoms with E-state index in [1.54, 1.807) is 12.3 Å². The third kappa shape index (κ3) is 19.9. The molecule has 4 aliphatic heterocycles. The molecule has 0 amide bonds. The quantitative estimate of drug-likeness (QED) is 0.321. The summed E-state index contributed by atoms with van der Waals surface area (Å²) in [6, 6.07) is 0. The van der Waals surface area contributed by atoms with Crippen LogP contribution in [0.1, 0.15) is 38.5 Å². The van der Waals surface area contributed by atoms with E-state index in [1.807, 2.05) is 0 Å². The summed E-state index contributed by atoms with van der Waals surface area (Å²) in [6.07, 6.45) is 9.01. The van der Waals surface area contributed by atoms with Crippen LogP contribution < -0.4 is 10.4 Å². The molecule has 0 aromatic carbocycles. The van der Waals surface area contributed by atoms with Crippen molar-refractivity contribution >= 4 is 43.3 Å². The van der Waals surface area contributed by atoms with E-state index in [0.717, 1.165) is 77.8 Å². The number of carbonyl (C=O) groups is 4. The van der Waals surface area contributed by atoms with Gasteiger partial charge in [-0.15, -0.1) is 39.3 Å². The van der Waals surface area contributed by atoms with E-state index in [9.17, 15) is 24.3 Å². The molecule has 3 saturated heterocycles. The fourth-order valence-electron chi connectivity index (χ4n) is 3.60. The van der Waals surface area contributed by atoms with Crippen LogP contribution in [0.15, 0.2) is 23.9 Å². The van der Waals surface area contributed by atoms with Crippen molar-refractivity contribution in [1.82, 2.24) is 5.32 Å². The van der Waals surface area contributed by atoms with Crippen LogP contribution in [0.4, 0.5) is 0 Å². The van der Waals surface area contributed by atoms with Crippen molar-refractivity contribution in [3.63, 3.8) is 0 Å². The van der Waals surface area contributed by atoms with Gasteiger partial charge in [0.2, 0.25) is 0 Å². The van der Waals surface area contributed by atoms with Gasteiger partial charge < -0.3 is 46.5 Å². The van der Waals surface area contributed by atoms with E-state index in [0.29, 0.717) is 6.54 Å². The molecule has 0 aliphatic carbocycles. The molecule has 3 fully saturated rings. The van der Waals surface area contributed by atoms with Crippen molar-refractivity contribution < 1.29 is 54.7 Å². The first-order valence-electron chi connectivity index (χ1n) is 12.4. The Kier molecular flexibility index (Phi) is 23.0. The predicted octanol–water partition coefficient (Wildman–Crippen LogP) is 2.72. The van der Waals surface area contributed by atoms with Crippen LogP contribution in [-0.2, 0) is 34.3 Å². The molecule has 227 valence electrons. The van der Waals surface area contributed by atoms with Gasteiger partial charge >= 0.3 is 52.4 Å². The van der Waals surface area contributed by atoms with Crippen LogP contribution in [0.25, 0.3) is 16.0 Å². The maximum atomic E-state index is 10.3. The van der Waals surface area contributed by atoms with E-state index >= 15 is 0 Å². The Morgan fingerprint density at radius 1 is 0.744 bits per heavy atom. The third-order valence-corrected chi connectivity index (χ3v) is 5.92. The molecule has 0 atom stereocenters. The molecular weight excluding hydrogens is 646 g/mol. The van der Waals surface area contributed by atoms with Crippen LogP contribution in [0.3, 0.4) is 0 Å². The van der Waals surface area contributed by atoms with Crippen LogP contribution in [0, 0.1) is 17.8 Å². The molecule has 4 aliphatic rings. The van der Waals surface area contributed by atoms with Crippen LogP contribution in [-0.4, -0.2) is 85.0 Å². The minimum absolute atomic E-state index is 0.123. The number of carboxylic acid groups (broad SMARTS) is 4. The summed E-state index contributed by atoms with van der Waals surface area (Å²) < 4.78 is 0. The normalized spacial score (nSPS) is 19.4. The van der Waals surface area contributed by atoms with Gasteiger partial charge in [0, 0.05) is 6.54 Å². The summed E-state index contributed by atoms with van der Waals surface area (Å²) in [4.78, 5) is 41.0. The van der Waals surface area contributed by atoms with Gasteiger partial charge in [-0.25, -0.2) is 0 Å². The zero-order valence-electron chi connectivity index (χ0n) is 21.5. The topological polar surface area (TPSA) is 206 Å². The number of carboxylic acids is 4. The Morgan fingerprint density at radius 3 is 1.21 bits per heavy atom. The zero-order valence-corrected chi connectivity index (χ0v) is 24.6. The molecule has 39 heavy (non-hydrogen) atoms. The first-order valence-corrected chi connectivity index (χ1v) is 16.6. The average Bonchev–Trinajstić information content (AvgIpc) is 2.96. The van der Waals surface area contributed by atoms with Gasteiger partial charge in [0.1, 0.15) is 0 Å². The predicted molar refractivity (Wildman–Crippen MR) is 142 cm³/mol. The molecular formula is C24H36Cl2N4O8Rh-4. The van der Waals surface area contributed by atoms with Crippen molar-refractivity contribution in [1.29, 1.82) is 0 Å². The number of rotatable bonds is 4. The van der Waals surface area contributed by atoms with E-state index in [4.69, 9.17) is 34.7 Å². The number of carbonyl (C=O) groups excluding carboxylic acids is 1. The molecule has 0 saturated carbocycles. The molecule has 4 N–H and O–H groups in total. The summed E-state index contributed by atoms with van der Waals surface area (Å²) in [5.41, 5.74) is 0.244. The fraction of sp³-hybridized carbons (Fsp3) is 0.667. The first-order chi connectivity index (χ1) is 18.6. The van der Waals surface area contributed by atoms with Crippen LogP contribution in [0.2, 0.25) is 0 Å². The molecule has 15 heteroatoms. The second-order valence-corrected chi connectivity index (χ2v) is 11.1. The second-order valence-electron chi connectivity index (χ2n) is 8.59. The minimum atomic E-state index is -1.12. The van der Waals surface area contributed by atoms with Gasteiger partial charge in [0.25, 0.3) is 0 Å². The summed E-state index contributed by atoms with van der Waals surface area (Å²) in [7, 11) is 9.67. The van der Waals surface area contributed by atoms with E-state index < -0.39 is 23.9 Å². The number of piperidine rings is 3.